The fourth-order valence-corrected chi connectivity index (χ4v) is 3.52. The van der Waals surface area contributed by atoms with Crippen LogP contribution in [0.2, 0.25) is 5.02 Å². The predicted molar refractivity (Wildman–Crippen MR) is 112 cm³/mol. The number of aromatic nitrogens is 1. The van der Waals surface area contributed by atoms with Crippen LogP contribution in [0.25, 0.3) is 0 Å². The summed E-state index contributed by atoms with van der Waals surface area (Å²) in [6.07, 6.45) is 4.25. The molecular weight excluding hydrogens is 374 g/mol. The topological polar surface area (TPSA) is 53.5 Å². The molecule has 148 valence electrons. The summed E-state index contributed by atoms with van der Waals surface area (Å²) in [5.41, 5.74) is 1.93. The lowest BCUT2D eigenvalue weighted by Crippen LogP contribution is -2.49. The molecule has 1 fully saturated rings. The number of amides is 1. The highest BCUT2D eigenvalue weighted by atomic mass is 35.5. The summed E-state index contributed by atoms with van der Waals surface area (Å²) >= 11 is 5.88. The van der Waals surface area contributed by atoms with Crippen molar-refractivity contribution in [1.29, 1.82) is 0 Å². The molecule has 0 bridgehead atoms. The number of rotatable bonds is 7. The number of halogens is 1. The summed E-state index contributed by atoms with van der Waals surface area (Å²) in [5, 5.41) is 0.613. The van der Waals surface area contributed by atoms with Crippen molar-refractivity contribution in [3.8, 4) is 0 Å². The van der Waals surface area contributed by atoms with Crippen molar-refractivity contribution in [3.05, 3.63) is 58.7 Å². The molecule has 0 atom stereocenters. The Labute approximate surface area is 171 Å². The Kier molecular flexibility index (Phi) is 7.04. The van der Waals surface area contributed by atoms with E-state index in [0.717, 1.165) is 31.7 Å². The van der Waals surface area contributed by atoms with Crippen molar-refractivity contribution in [2.24, 2.45) is 0 Å². The van der Waals surface area contributed by atoms with Crippen molar-refractivity contribution in [1.82, 2.24) is 9.88 Å². The zero-order valence-corrected chi connectivity index (χ0v) is 17.0. The van der Waals surface area contributed by atoms with Gasteiger partial charge in [0.05, 0.1) is 5.02 Å². The number of carbonyl (C=O) groups excluding carboxylic acids is 2. The van der Waals surface area contributed by atoms with E-state index in [0.29, 0.717) is 23.7 Å². The molecule has 3 rings (SSSR count). The number of ketones is 1. The van der Waals surface area contributed by atoms with Gasteiger partial charge in [0, 0.05) is 50.8 Å². The summed E-state index contributed by atoms with van der Waals surface area (Å²) in [4.78, 5) is 33.2. The second-order valence-corrected chi connectivity index (χ2v) is 7.51. The minimum Gasteiger partial charge on any atom is -0.353 e. The Morgan fingerprint density at radius 3 is 2.32 bits per heavy atom. The SMILES string of the molecule is CCCc1ccc(C(=O)CCC(=O)N2CCN(c3ccc(Cl)cn3)CC2)cc1. The summed E-state index contributed by atoms with van der Waals surface area (Å²) in [5.74, 6) is 0.943. The van der Waals surface area contributed by atoms with E-state index in [9.17, 15) is 9.59 Å². The molecule has 0 saturated carbocycles. The van der Waals surface area contributed by atoms with E-state index in [1.54, 1.807) is 6.20 Å². The van der Waals surface area contributed by atoms with Crippen molar-refractivity contribution in [3.63, 3.8) is 0 Å². The molecule has 0 N–H and O–H groups in total. The number of hydrogen-bond donors (Lipinski definition) is 0. The van der Waals surface area contributed by atoms with Crippen molar-refractivity contribution in [2.75, 3.05) is 31.1 Å². The van der Waals surface area contributed by atoms with Gasteiger partial charge >= 0.3 is 0 Å². The zero-order chi connectivity index (χ0) is 19.9. The fourth-order valence-electron chi connectivity index (χ4n) is 3.41. The monoisotopic (exact) mass is 399 g/mol. The normalized spacial score (nSPS) is 14.2. The third-order valence-electron chi connectivity index (χ3n) is 5.05. The van der Waals surface area contributed by atoms with E-state index in [1.807, 2.05) is 41.3 Å². The van der Waals surface area contributed by atoms with Crippen LogP contribution in [0.4, 0.5) is 5.82 Å². The first-order valence-electron chi connectivity index (χ1n) is 9.83. The third kappa shape index (κ3) is 5.32. The average Bonchev–Trinajstić information content (AvgIpc) is 2.73. The van der Waals surface area contributed by atoms with Gasteiger partial charge in [-0.3, -0.25) is 9.59 Å². The van der Waals surface area contributed by atoms with Gasteiger partial charge in [-0.15, -0.1) is 0 Å². The summed E-state index contributed by atoms with van der Waals surface area (Å²) in [6.45, 7) is 4.88. The first-order valence-corrected chi connectivity index (χ1v) is 10.2. The van der Waals surface area contributed by atoms with E-state index < -0.39 is 0 Å². The van der Waals surface area contributed by atoms with Crippen LogP contribution in [-0.2, 0) is 11.2 Å². The number of piperazine rings is 1. The standard InChI is InChI=1S/C22H26ClN3O2/c1-2-3-17-4-6-18(7-5-17)20(27)9-11-22(28)26-14-12-25(13-15-26)21-10-8-19(23)16-24-21/h4-8,10,16H,2-3,9,11-15H2,1H3. The molecule has 0 aliphatic carbocycles. The molecular formula is C22H26ClN3O2. The van der Waals surface area contributed by atoms with E-state index in [4.69, 9.17) is 11.6 Å². The molecule has 2 heterocycles. The molecule has 0 radical (unpaired) electrons. The van der Waals surface area contributed by atoms with Crippen LogP contribution >= 0.6 is 11.6 Å². The van der Waals surface area contributed by atoms with Crippen molar-refractivity contribution in [2.45, 2.75) is 32.6 Å². The zero-order valence-electron chi connectivity index (χ0n) is 16.2. The molecule has 0 unspecified atom stereocenters. The molecule has 1 aromatic carbocycles. The highest BCUT2D eigenvalue weighted by Gasteiger charge is 2.22. The summed E-state index contributed by atoms with van der Waals surface area (Å²) in [6, 6.07) is 11.5. The predicted octanol–water partition coefficient (Wildman–Crippen LogP) is 4.00. The second kappa shape index (κ2) is 9.69. The highest BCUT2D eigenvalue weighted by molar-refractivity contribution is 6.30. The highest BCUT2D eigenvalue weighted by Crippen LogP contribution is 2.17. The Morgan fingerprint density at radius 1 is 1.00 bits per heavy atom. The summed E-state index contributed by atoms with van der Waals surface area (Å²) < 4.78 is 0. The van der Waals surface area contributed by atoms with Crippen LogP contribution in [-0.4, -0.2) is 47.8 Å². The van der Waals surface area contributed by atoms with Gasteiger partial charge in [0.1, 0.15) is 5.82 Å². The van der Waals surface area contributed by atoms with Crippen LogP contribution in [0.1, 0.15) is 42.1 Å². The Hall–Kier alpha value is -2.40. The number of carbonyl (C=O) groups is 2. The molecule has 5 nitrogen and oxygen atoms in total. The maximum absolute atomic E-state index is 12.5. The van der Waals surface area contributed by atoms with Crippen molar-refractivity contribution >= 4 is 29.1 Å². The third-order valence-corrected chi connectivity index (χ3v) is 5.27. The van der Waals surface area contributed by atoms with E-state index >= 15 is 0 Å². The lowest BCUT2D eigenvalue weighted by atomic mass is 10.0. The maximum Gasteiger partial charge on any atom is 0.223 e. The number of benzene rings is 1. The van der Waals surface area contributed by atoms with Crippen LogP contribution in [0.5, 0.6) is 0 Å². The second-order valence-electron chi connectivity index (χ2n) is 7.07. The van der Waals surface area contributed by atoms with Gasteiger partial charge in [-0.2, -0.15) is 0 Å². The van der Waals surface area contributed by atoms with Gasteiger partial charge in [-0.25, -0.2) is 4.98 Å². The number of Topliss-reactive ketones (excluding diaryl/α,β-unsaturated/α-hetero) is 1. The molecule has 6 heteroatoms. The quantitative estimate of drug-likeness (QED) is 0.660. The largest absolute Gasteiger partial charge is 0.353 e. The van der Waals surface area contributed by atoms with Gasteiger partial charge in [0.25, 0.3) is 0 Å². The molecule has 1 aliphatic heterocycles. The number of aryl methyl sites for hydroxylation is 1. The van der Waals surface area contributed by atoms with E-state index in [1.165, 1.54) is 5.56 Å². The van der Waals surface area contributed by atoms with Gasteiger partial charge in [0.2, 0.25) is 5.91 Å². The molecule has 1 amide bonds. The van der Waals surface area contributed by atoms with Gasteiger partial charge in [-0.1, -0.05) is 49.2 Å². The van der Waals surface area contributed by atoms with Crippen LogP contribution in [0.3, 0.4) is 0 Å². The molecule has 1 aliphatic rings. The number of nitrogens with zero attached hydrogens (tertiary/aromatic N) is 3. The number of hydrogen-bond acceptors (Lipinski definition) is 4. The Balaban J connectivity index is 1.45. The van der Waals surface area contributed by atoms with Gasteiger partial charge in [-0.05, 0) is 24.1 Å². The first-order chi connectivity index (χ1) is 13.6. The van der Waals surface area contributed by atoms with E-state index in [2.05, 4.69) is 16.8 Å². The fraction of sp³-hybridized carbons (Fsp3) is 0.409. The smallest absolute Gasteiger partial charge is 0.223 e. The van der Waals surface area contributed by atoms with E-state index in [-0.39, 0.29) is 24.5 Å². The number of anilines is 1. The Bertz CT molecular complexity index is 798. The molecule has 1 aromatic heterocycles. The average molecular weight is 400 g/mol. The van der Waals surface area contributed by atoms with Crippen LogP contribution in [0.15, 0.2) is 42.6 Å². The van der Waals surface area contributed by atoms with Crippen molar-refractivity contribution < 1.29 is 9.59 Å². The number of pyridine rings is 1. The minimum atomic E-state index is 0.0281. The molecule has 28 heavy (non-hydrogen) atoms. The summed E-state index contributed by atoms with van der Waals surface area (Å²) in [7, 11) is 0. The van der Waals surface area contributed by atoms with Gasteiger partial charge in [0.15, 0.2) is 5.78 Å². The van der Waals surface area contributed by atoms with Crippen LogP contribution in [0, 0.1) is 0 Å². The van der Waals surface area contributed by atoms with Crippen LogP contribution < -0.4 is 4.90 Å². The first kappa shape index (κ1) is 20.3. The lowest BCUT2D eigenvalue weighted by molar-refractivity contribution is -0.131. The lowest BCUT2D eigenvalue weighted by Gasteiger charge is -2.35. The molecule has 2 aromatic rings. The maximum atomic E-state index is 12.5. The molecule has 1 saturated heterocycles. The molecule has 0 spiro atoms. The Morgan fingerprint density at radius 2 is 1.71 bits per heavy atom. The van der Waals surface area contributed by atoms with Gasteiger partial charge < -0.3 is 9.80 Å². The minimum absolute atomic E-state index is 0.0281.